The van der Waals surface area contributed by atoms with Crippen molar-refractivity contribution in [1.82, 2.24) is 9.88 Å². The van der Waals surface area contributed by atoms with Crippen molar-refractivity contribution in [3.63, 3.8) is 0 Å². The molecule has 2 aromatic rings. The molecule has 5 rings (SSSR count). The maximum absolute atomic E-state index is 13.0. The number of aromatic nitrogens is 1. The number of likely N-dealkylation sites (tertiary alicyclic amines) is 1. The second-order valence-electron chi connectivity index (χ2n) is 8.95. The minimum atomic E-state index is -0.283. The van der Waals surface area contributed by atoms with Crippen molar-refractivity contribution in [3.8, 4) is 16.3 Å². The topological polar surface area (TPSA) is 71.9 Å². The van der Waals surface area contributed by atoms with E-state index in [0.29, 0.717) is 0 Å². The minimum absolute atomic E-state index is 0.0779. The van der Waals surface area contributed by atoms with Crippen molar-refractivity contribution in [2.75, 3.05) is 26.8 Å². The van der Waals surface area contributed by atoms with Crippen LogP contribution in [0.3, 0.4) is 0 Å². The molecule has 1 amide bonds. The Hall–Kier alpha value is -1.96. The highest BCUT2D eigenvalue weighted by molar-refractivity contribution is 7.15. The summed E-state index contributed by atoms with van der Waals surface area (Å²) in [6.07, 6.45) is 7.27. The predicted octanol–water partition coefficient (Wildman–Crippen LogP) is 3.76. The van der Waals surface area contributed by atoms with Gasteiger partial charge in [-0.3, -0.25) is 9.78 Å². The first-order chi connectivity index (χ1) is 15.1. The van der Waals surface area contributed by atoms with Crippen LogP contribution in [0.2, 0.25) is 0 Å². The summed E-state index contributed by atoms with van der Waals surface area (Å²) in [5, 5.41) is 9.74. The Balaban J connectivity index is 1.31. The van der Waals surface area contributed by atoms with E-state index in [1.807, 2.05) is 28.4 Å². The lowest BCUT2D eigenvalue weighted by Gasteiger charge is -2.45. The van der Waals surface area contributed by atoms with Gasteiger partial charge in [-0.05, 0) is 62.3 Å². The summed E-state index contributed by atoms with van der Waals surface area (Å²) in [6.45, 7) is 2.21. The van der Waals surface area contributed by atoms with Crippen LogP contribution in [0.1, 0.15) is 49.0 Å². The lowest BCUT2D eigenvalue weighted by Crippen LogP contribution is -2.49. The smallest absolute Gasteiger partial charge is 0.225 e. The lowest BCUT2D eigenvalue weighted by molar-refractivity contribution is -0.146. The zero-order valence-corrected chi connectivity index (χ0v) is 18.8. The molecule has 6 nitrogen and oxygen atoms in total. The van der Waals surface area contributed by atoms with E-state index in [1.54, 1.807) is 13.3 Å². The highest BCUT2D eigenvalue weighted by Gasteiger charge is 2.43. The van der Waals surface area contributed by atoms with Crippen LogP contribution >= 0.6 is 11.3 Å². The van der Waals surface area contributed by atoms with E-state index in [1.165, 1.54) is 10.4 Å². The molecule has 3 aliphatic rings. The number of carbonyl (C=O) groups is 1. The van der Waals surface area contributed by atoms with E-state index >= 15 is 0 Å². The third-order valence-corrected chi connectivity index (χ3v) is 8.38. The van der Waals surface area contributed by atoms with Crippen LogP contribution in [-0.2, 0) is 21.6 Å². The maximum atomic E-state index is 13.0. The highest BCUT2D eigenvalue weighted by Crippen LogP contribution is 2.46. The fraction of sp³-hybridized carbons (Fsp3) is 0.583. The van der Waals surface area contributed by atoms with E-state index in [9.17, 15) is 9.90 Å². The van der Waals surface area contributed by atoms with Gasteiger partial charge >= 0.3 is 0 Å². The molecule has 166 valence electrons. The summed E-state index contributed by atoms with van der Waals surface area (Å²) in [5.41, 5.74) is 1.97. The van der Waals surface area contributed by atoms with Gasteiger partial charge in [0.15, 0.2) is 0 Å². The molecule has 1 saturated carbocycles. The second-order valence-corrected chi connectivity index (χ2v) is 10.1. The lowest BCUT2D eigenvalue weighted by atomic mass is 9.81. The van der Waals surface area contributed by atoms with Gasteiger partial charge in [0.2, 0.25) is 5.91 Å². The van der Waals surface area contributed by atoms with Crippen LogP contribution in [0.25, 0.3) is 10.6 Å². The van der Waals surface area contributed by atoms with Gasteiger partial charge in [0.25, 0.3) is 0 Å². The summed E-state index contributed by atoms with van der Waals surface area (Å²) < 4.78 is 11.6. The quantitative estimate of drug-likeness (QED) is 0.784. The van der Waals surface area contributed by atoms with Gasteiger partial charge in [0, 0.05) is 30.3 Å². The van der Waals surface area contributed by atoms with Crippen LogP contribution in [0, 0.1) is 5.92 Å². The van der Waals surface area contributed by atoms with Crippen LogP contribution in [-0.4, -0.2) is 53.8 Å². The first-order valence-electron chi connectivity index (χ1n) is 11.3. The monoisotopic (exact) mass is 442 g/mol. The molecule has 1 aliphatic carbocycles. The number of fused-ring (bicyclic) bond motifs is 2. The van der Waals surface area contributed by atoms with Crippen LogP contribution in [0.15, 0.2) is 24.4 Å². The molecule has 4 heterocycles. The molecule has 0 radical (unpaired) electrons. The molecule has 7 heteroatoms. The Labute approximate surface area is 187 Å². The Morgan fingerprint density at radius 1 is 1.26 bits per heavy atom. The molecule has 0 unspecified atom stereocenters. The fourth-order valence-corrected chi connectivity index (χ4v) is 6.48. The second kappa shape index (κ2) is 8.52. The van der Waals surface area contributed by atoms with Crippen LogP contribution < -0.4 is 4.74 Å². The number of piperidine rings is 1. The van der Waals surface area contributed by atoms with Crippen LogP contribution in [0.4, 0.5) is 0 Å². The number of rotatable bonds is 3. The van der Waals surface area contributed by atoms with Crippen molar-refractivity contribution >= 4 is 17.2 Å². The molecule has 2 aliphatic heterocycles. The standard InChI is InChI=1S/C24H30N2O4S/c1-29-18-6-7-20(25-15-18)22-14-19-21(31-22)8-13-30-24(19)9-11-26(12-10-24)23(28)16-2-4-17(27)5-3-16/h6-7,14-17,27H,2-5,8-13H2,1H3. The molecule has 0 aromatic carbocycles. The normalized spacial score (nSPS) is 25.3. The number of amides is 1. The largest absolute Gasteiger partial charge is 0.495 e. The summed E-state index contributed by atoms with van der Waals surface area (Å²) in [5.74, 6) is 1.11. The first-order valence-corrected chi connectivity index (χ1v) is 12.1. The molecular formula is C24H30N2O4S. The van der Waals surface area contributed by atoms with Crippen molar-refractivity contribution in [1.29, 1.82) is 0 Å². The Morgan fingerprint density at radius 3 is 2.71 bits per heavy atom. The number of pyridine rings is 1. The van der Waals surface area contributed by atoms with E-state index in [-0.39, 0.29) is 23.5 Å². The number of methoxy groups -OCH3 is 1. The van der Waals surface area contributed by atoms with Gasteiger partial charge in [-0.2, -0.15) is 0 Å². The number of aliphatic hydroxyl groups is 1. The summed E-state index contributed by atoms with van der Waals surface area (Å²) in [6, 6.07) is 6.21. The number of hydrogen-bond donors (Lipinski definition) is 1. The third-order valence-electron chi connectivity index (χ3n) is 7.16. The average Bonchev–Trinajstić information content (AvgIpc) is 3.26. The molecule has 2 fully saturated rings. The molecule has 1 spiro atoms. The predicted molar refractivity (Wildman–Crippen MR) is 119 cm³/mol. The Kier molecular flexibility index (Phi) is 5.75. The van der Waals surface area contributed by atoms with E-state index in [2.05, 4.69) is 11.1 Å². The van der Waals surface area contributed by atoms with Crippen LogP contribution in [0.5, 0.6) is 5.75 Å². The van der Waals surface area contributed by atoms with E-state index < -0.39 is 0 Å². The van der Waals surface area contributed by atoms with Gasteiger partial charge in [-0.15, -0.1) is 11.3 Å². The SMILES string of the molecule is COc1ccc(-c2cc3c(s2)CCOC32CCN(C(=O)C3CCC(O)CC3)CC2)nc1. The third kappa shape index (κ3) is 3.99. The molecular weight excluding hydrogens is 412 g/mol. The number of thiophene rings is 1. The summed E-state index contributed by atoms with van der Waals surface area (Å²) in [4.78, 5) is 22.2. The van der Waals surface area contributed by atoms with Crippen molar-refractivity contribution in [3.05, 3.63) is 34.8 Å². The first kappa shape index (κ1) is 20.9. The number of hydrogen-bond acceptors (Lipinski definition) is 6. The molecule has 0 atom stereocenters. The number of ether oxygens (including phenoxy) is 2. The van der Waals surface area contributed by atoms with Crippen molar-refractivity contribution in [2.45, 2.75) is 56.7 Å². The summed E-state index contributed by atoms with van der Waals surface area (Å²) >= 11 is 1.81. The Bertz CT molecular complexity index is 926. The van der Waals surface area contributed by atoms with E-state index in [4.69, 9.17) is 9.47 Å². The number of nitrogens with zero attached hydrogens (tertiary/aromatic N) is 2. The van der Waals surface area contributed by atoms with Gasteiger partial charge in [0.05, 0.1) is 42.2 Å². The van der Waals surface area contributed by atoms with Gasteiger partial charge in [-0.1, -0.05) is 0 Å². The number of carbonyl (C=O) groups excluding carboxylic acids is 1. The maximum Gasteiger partial charge on any atom is 0.225 e. The van der Waals surface area contributed by atoms with Crippen molar-refractivity contribution < 1.29 is 19.4 Å². The van der Waals surface area contributed by atoms with Gasteiger partial charge < -0.3 is 19.5 Å². The molecule has 2 aromatic heterocycles. The summed E-state index contributed by atoms with van der Waals surface area (Å²) in [7, 11) is 1.65. The zero-order chi connectivity index (χ0) is 21.4. The molecule has 31 heavy (non-hydrogen) atoms. The zero-order valence-electron chi connectivity index (χ0n) is 18.0. The number of aliphatic hydroxyl groups excluding tert-OH is 1. The fourth-order valence-electron chi connectivity index (χ4n) is 5.27. The molecule has 0 bridgehead atoms. The van der Waals surface area contributed by atoms with Crippen molar-refractivity contribution in [2.24, 2.45) is 5.92 Å². The average molecular weight is 443 g/mol. The minimum Gasteiger partial charge on any atom is -0.495 e. The van der Waals surface area contributed by atoms with Gasteiger partial charge in [-0.25, -0.2) is 0 Å². The van der Waals surface area contributed by atoms with E-state index in [0.717, 1.165) is 81.0 Å². The molecule has 1 N–H and O–H groups in total. The Morgan fingerprint density at radius 2 is 2.03 bits per heavy atom. The molecule has 1 saturated heterocycles. The van der Waals surface area contributed by atoms with Gasteiger partial charge in [0.1, 0.15) is 5.75 Å². The highest BCUT2D eigenvalue weighted by atomic mass is 32.1.